The van der Waals surface area contributed by atoms with Gasteiger partial charge in [-0.3, -0.25) is 0 Å². The second kappa shape index (κ2) is 5.53. The van der Waals surface area contributed by atoms with Crippen molar-refractivity contribution >= 4 is 22.1 Å². The molecule has 0 aliphatic rings. The van der Waals surface area contributed by atoms with Crippen molar-refractivity contribution < 1.29 is 14.6 Å². The Bertz CT molecular complexity index is 105. The Morgan fingerprint density at radius 3 is 2.80 bits per heavy atom. The summed E-state index contributed by atoms with van der Waals surface area (Å²) >= 11 is 3.24. The molecule has 0 rings (SSSR count). The maximum Gasteiger partial charge on any atom is 0.506 e. The monoisotopic (exact) mass is 210 g/mol. The van der Waals surface area contributed by atoms with E-state index in [9.17, 15) is 4.79 Å². The number of ether oxygens (including phenoxy) is 1. The van der Waals surface area contributed by atoms with Crippen LogP contribution in [0.1, 0.15) is 19.8 Å². The second-order valence-corrected chi connectivity index (χ2v) is 2.82. The molecule has 1 unspecified atom stereocenters. The largest absolute Gasteiger partial charge is 0.506 e. The first-order valence-electron chi connectivity index (χ1n) is 3.12. The van der Waals surface area contributed by atoms with Gasteiger partial charge in [0.05, 0.1) is 0 Å². The van der Waals surface area contributed by atoms with Crippen LogP contribution >= 0.6 is 15.9 Å². The van der Waals surface area contributed by atoms with Crippen LogP contribution in [0.25, 0.3) is 0 Å². The van der Waals surface area contributed by atoms with Gasteiger partial charge in [-0.05, 0) is 19.8 Å². The molecule has 0 amide bonds. The average molecular weight is 211 g/mol. The van der Waals surface area contributed by atoms with Crippen LogP contribution in [0.15, 0.2) is 0 Å². The highest BCUT2D eigenvalue weighted by molar-refractivity contribution is 9.09. The Balaban J connectivity index is 3.25. The first-order valence-corrected chi connectivity index (χ1v) is 4.24. The van der Waals surface area contributed by atoms with Gasteiger partial charge in [-0.15, -0.1) is 0 Å². The fourth-order valence-electron chi connectivity index (χ4n) is 0.596. The number of halogens is 1. The first kappa shape index (κ1) is 9.75. The average Bonchev–Trinajstić information content (AvgIpc) is 1.82. The van der Waals surface area contributed by atoms with Gasteiger partial charge >= 0.3 is 6.16 Å². The third kappa shape index (κ3) is 5.88. The van der Waals surface area contributed by atoms with Gasteiger partial charge in [0.1, 0.15) is 6.10 Å². The maximum absolute atomic E-state index is 9.94. The van der Waals surface area contributed by atoms with Crippen molar-refractivity contribution in [3.63, 3.8) is 0 Å². The molecule has 0 fully saturated rings. The minimum atomic E-state index is -1.19. The highest BCUT2D eigenvalue weighted by atomic mass is 79.9. The van der Waals surface area contributed by atoms with Crippen molar-refractivity contribution in [2.24, 2.45) is 0 Å². The molecule has 0 bridgehead atoms. The van der Waals surface area contributed by atoms with Crippen LogP contribution in [0.4, 0.5) is 4.79 Å². The number of rotatable bonds is 4. The minimum absolute atomic E-state index is 0.185. The van der Waals surface area contributed by atoms with Crippen LogP contribution in [0.2, 0.25) is 0 Å². The Morgan fingerprint density at radius 2 is 2.40 bits per heavy atom. The summed E-state index contributed by atoms with van der Waals surface area (Å²) in [4.78, 5) is 9.94. The summed E-state index contributed by atoms with van der Waals surface area (Å²) in [6.45, 7) is 1.75. The molecule has 10 heavy (non-hydrogen) atoms. The molecule has 1 N–H and O–H groups in total. The van der Waals surface area contributed by atoms with Gasteiger partial charge < -0.3 is 9.84 Å². The van der Waals surface area contributed by atoms with E-state index in [1.165, 1.54) is 0 Å². The zero-order chi connectivity index (χ0) is 7.98. The Kier molecular flexibility index (Phi) is 5.39. The van der Waals surface area contributed by atoms with Gasteiger partial charge in [0.25, 0.3) is 0 Å². The van der Waals surface area contributed by atoms with E-state index in [1.54, 1.807) is 6.92 Å². The summed E-state index contributed by atoms with van der Waals surface area (Å²) in [5.74, 6) is 0. The lowest BCUT2D eigenvalue weighted by Gasteiger charge is -2.07. The van der Waals surface area contributed by atoms with E-state index in [-0.39, 0.29) is 6.10 Å². The molecule has 0 aromatic heterocycles. The summed E-state index contributed by atoms with van der Waals surface area (Å²) in [6.07, 6.45) is 0.337. The van der Waals surface area contributed by atoms with Gasteiger partial charge in [0, 0.05) is 5.33 Å². The second-order valence-electron chi connectivity index (χ2n) is 2.03. The van der Waals surface area contributed by atoms with Crippen molar-refractivity contribution in [1.29, 1.82) is 0 Å². The molecule has 0 aliphatic heterocycles. The minimum Gasteiger partial charge on any atom is -0.450 e. The van der Waals surface area contributed by atoms with Crippen LogP contribution in [-0.2, 0) is 4.74 Å². The molecule has 0 heterocycles. The van der Waals surface area contributed by atoms with E-state index in [4.69, 9.17) is 5.11 Å². The molecule has 0 spiro atoms. The number of hydrogen-bond acceptors (Lipinski definition) is 2. The quantitative estimate of drug-likeness (QED) is 0.572. The summed E-state index contributed by atoms with van der Waals surface area (Å²) in [7, 11) is 0. The predicted molar refractivity (Wildman–Crippen MR) is 41.6 cm³/mol. The number of carboxylic acid groups (broad SMARTS) is 1. The predicted octanol–water partition coefficient (Wildman–Crippen LogP) is 2.24. The fourth-order valence-corrected chi connectivity index (χ4v) is 0.919. The number of carbonyl (C=O) groups is 1. The Labute approximate surface area is 68.5 Å². The number of hydrogen-bond donors (Lipinski definition) is 1. The molecule has 0 aromatic carbocycles. The lowest BCUT2D eigenvalue weighted by Crippen LogP contribution is -2.12. The van der Waals surface area contributed by atoms with Gasteiger partial charge in [-0.2, -0.15) is 0 Å². The van der Waals surface area contributed by atoms with E-state index >= 15 is 0 Å². The summed E-state index contributed by atoms with van der Waals surface area (Å²) in [6, 6.07) is 0. The highest BCUT2D eigenvalue weighted by Gasteiger charge is 2.05. The lowest BCUT2D eigenvalue weighted by molar-refractivity contribution is 0.0557. The van der Waals surface area contributed by atoms with Crippen LogP contribution in [-0.4, -0.2) is 22.7 Å². The van der Waals surface area contributed by atoms with Crippen LogP contribution < -0.4 is 0 Å². The SMILES string of the molecule is CC(CCCBr)OC(=O)O. The van der Waals surface area contributed by atoms with E-state index in [0.29, 0.717) is 0 Å². The molecule has 1 atom stereocenters. The molecule has 0 aliphatic carbocycles. The molecular formula is C6H11BrO3. The van der Waals surface area contributed by atoms with Gasteiger partial charge in [0.2, 0.25) is 0 Å². The van der Waals surface area contributed by atoms with Crippen molar-refractivity contribution in [2.45, 2.75) is 25.9 Å². The van der Waals surface area contributed by atoms with Crippen molar-refractivity contribution in [3.8, 4) is 0 Å². The Hall–Kier alpha value is -0.250. The third-order valence-corrected chi connectivity index (χ3v) is 1.61. The van der Waals surface area contributed by atoms with Crippen LogP contribution in [0.5, 0.6) is 0 Å². The van der Waals surface area contributed by atoms with Crippen molar-refractivity contribution in [1.82, 2.24) is 0 Å². The molecular weight excluding hydrogens is 200 g/mol. The van der Waals surface area contributed by atoms with Crippen LogP contribution in [0, 0.1) is 0 Å². The summed E-state index contributed by atoms with van der Waals surface area (Å²) in [5, 5.41) is 9.04. The summed E-state index contributed by atoms with van der Waals surface area (Å²) in [5.41, 5.74) is 0. The van der Waals surface area contributed by atoms with Crippen molar-refractivity contribution in [2.75, 3.05) is 5.33 Å². The Morgan fingerprint density at radius 1 is 1.80 bits per heavy atom. The molecule has 60 valence electrons. The standard InChI is InChI=1S/C6H11BrO3/c1-5(3-2-4-7)10-6(8)9/h5H,2-4H2,1H3,(H,8,9). The number of alkyl halides is 1. The van der Waals surface area contributed by atoms with E-state index in [0.717, 1.165) is 18.2 Å². The van der Waals surface area contributed by atoms with E-state index < -0.39 is 6.16 Å². The molecule has 0 saturated heterocycles. The van der Waals surface area contributed by atoms with Gasteiger partial charge in [0.15, 0.2) is 0 Å². The zero-order valence-corrected chi connectivity index (χ0v) is 7.43. The molecule has 4 heteroatoms. The van der Waals surface area contributed by atoms with Crippen molar-refractivity contribution in [3.05, 3.63) is 0 Å². The lowest BCUT2D eigenvalue weighted by atomic mass is 10.2. The smallest absolute Gasteiger partial charge is 0.450 e. The molecule has 3 nitrogen and oxygen atoms in total. The third-order valence-electron chi connectivity index (χ3n) is 1.05. The van der Waals surface area contributed by atoms with E-state index in [1.807, 2.05) is 0 Å². The molecule has 0 radical (unpaired) electrons. The fraction of sp³-hybridized carbons (Fsp3) is 0.833. The maximum atomic E-state index is 9.94. The zero-order valence-electron chi connectivity index (χ0n) is 5.84. The van der Waals surface area contributed by atoms with Gasteiger partial charge in [-0.25, -0.2) is 4.79 Å². The highest BCUT2D eigenvalue weighted by Crippen LogP contribution is 2.03. The normalized spacial score (nSPS) is 12.6. The van der Waals surface area contributed by atoms with E-state index in [2.05, 4.69) is 20.7 Å². The topological polar surface area (TPSA) is 46.5 Å². The first-order chi connectivity index (χ1) is 4.66. The molecule has 0 aromatic rings. The van der Waals surface area contributed by atoms with Crippen LogP contribution in [0.3, 0.4) is 0 Å². The molecule has 0 saturated carbocycles. The van der Waals surface area contributed by atoms with Gasteiger partial charge in [-0.1, -0.05) is 15.9 Å². The summed E-state index contributed by atoms with van der Waals surface area (Å²) < 4.78 is 4.45.